The monoisotopic (exact) mass is 342 g/mol. The van der Waals surface area contributed by atoms with Crippen molar-refractivity contribution >= 4 is 21.7 Å². The third-order valence-electron chi connectivity index (χ3n) is 2.47. The summed E-state index contributed by atoms with van der Waals surface area (Å²) in [5.41, 5.74) is 0. The number of hydrogen-bond acceptors (Lipinski definition) is 3. The highest BCUT2D eigenvalue weighted by Gasteiger charge is 2.12. The third kappa shape index (κ3) is 3.66. The molecule has 0 unspecified atom stereocenters. The van der Waals surface area contributed by atoms with Crippen LogP contribution in [0.1, 0.15) is 13.3 Å². The summed E-state index contributed by atoms with van der Waals surface area (Å²) >= 11 is 3.10. The Morgan fingerprint density at radius 1 is 1.30 bits per heavy atom. The average Bonchev–Trinajstić information content (AvgIpc) is 2.42. The van der Waals surface area contributed by atoms with Crippen molar-refractivity contribution in [3.63, 3.8) is 0 Å². The number of hydrogen-bond donors (Lipinski definition) is 1. The average molecular weight is 343 g/mol. The van der Waals surface area contributed by atoms with E-state index in [1.807, 2.05) is 6.92 Å². The lowest BCUT2D eigenvalue weighted by Gasteiger charge is -2.09. The van der Waals surface area contributed by atoms with Crippen LogP contribution < -0.4 is 10.1 Å². The van der Waals surface area contributed by atoms with Crippen molar-refractivity contribution in [2.75, 3.05) is 11.9 Å². The van der Waals surface area contributed by atoms with Gasteiger partial charge in [0.05, 0.1) is 0 Å². The molecule has 0 aliphatic rings. The summed E-state index contributed by atoms with van der Waals surface area (Å²) in [5, 5.41) is 3.09. The molecule has 3 nitrogen and oxygen atoms in total. The molecular weight excluding hydrogens is 330 g/mol. The van der Waals surface area contributed by atoms with Gasteiger partial charge in [0.1, 0.15) is 11.6 Å². The van der Waals surface area contributed by atoms with E-state index < -0.39 is 11.6 Å². The second kappa shape index (κ2) is 6.65. The maximum atomic E-state index is 13.6. The molecule has 0 saturated carbocycles. The van der Waals surface area contributed by atoms with E-state index in [-0.39, 0.29) is 5.75 Å². The largest absolute Gasteiger partial charge is 0.454 e. The fraction of sp³-hybridized carbons (Fsp3) is 0.214. The van der Waals surface area contributed by atoms with Gasteiger partial charge in [-0.25, -0.2) is 9.37 Å². The summed E-state index contributed by atoms with van der Waals surface area (Å²) in [6.45, 7) is 2.81. The van der Waals surface area contributed by atoms with E-state index >= 15 is 0 Å². The van der Waals surface area contributed by atoms with Gasteiger partial charge in [-0.2, -0.15) is 4.39 Å². The van der Waals surface area contributed by atoms with Crippen molar-refractivity contribution in [1.82, 2.24) is 4.98 Å². The predicted octanol–water partition coefficient (Wildman–Crippen LogP) is 4.74. The van der Waals surface area contributed by atoms with Crippen molar-refractivity contribution in [2.45, 2.75) is 13.3 Å². The van der Waals surface area contributed by atoms with Crippen molar-refractivity contribution in [2.24, 2.45) is 0 Å². The SMILES string of the molecule is CCCNc1cc(Oc2cc(Br)cc(F)c2F)ccn1. The number of rotatable bonds is 5. The predicted molar refractivity (Wildman–Crippen MR) is 77.1 cm³/mol. The van der Waals surface area contributed by atoms with E-state index in [2.05, 4.69) is 26.2 Å². The first-order valence-corrected chi connectivity index (χ1v) is 6.91. The van der Waals surface area contributed by atoms with Crippen LogP contribution in [0.5, 0.6) is 11.5 Å². The van der Waals surface area contributed by atoms with Gasteiger partial charge in [-0.05, 0) is 24.6 Å². The number of anilines is 1. The van der Waals surface area contributed by atoms with E-state index in [0.29, 0.717) is 16.0 Å². The zero-order valence-electron chi connectivity index (χ0n) is 10.8. The number of benzene rings is 1. The fourth-order valence-corrected chi connectivity index (χ4v) is 1.97. The molecule has 1 aromatic carbocycles. The lowest BCUT2D eigenvalue weighted by atomic mass is 10.3. The van der Waals surface area contributed by atoms with Gasteiger partial charge < -0.3 is 10.1 Å². The van der Waals surface area contributed by atoms with Gasteiger partial charge >= 0.3 is 0 Å². The van der Waals surface area contributed by atoms with Gasteiger partial charge in [-0.3, -0.25) is 0 Å². The Morgan fingerprint density at radius 2 is 2.10 bits per heavy atom. The Labute approximate surface area is 124 Å². The van der Waals surface area contributed by atoms with Crippen molar-refractivity contribution in [1.29, 1.82) is 0 Å². The number of nitrogens with one attached hydrogen (secondary N) is 1. The van der Waals surface area contributed by atoms with Gasteiger partial charge in [0.25, 0.3) is 0 Å². The quantitative estimate of drug-likeness (QED) is 0.797. The number of halogens is 3. The zero-order valence-corrected chi connectivity index (χ0v) is 12.4. The highest BCUT2D eigenvalue weighted by Crippen LogP contribution is 2.30. The molecule has 1 aromatic heterocycles. The molecule has 0 amide bonds. The van der Waals surface area contributed by atoms with Gasteiger partial charge in [0.15, 0.2) is 11.6 Å². The first kappa shape index (κ1) is 14.7. The van der Waals surface area contributed by atoms with Crippen molar-refractivity contribution in [3.05, 3.63) is 46.6 Å². The Hall–Kier alpha value is -1.69. The highest BCUT2D eigenvalue weighted by molar-refractivity contribution is 9.10. The minimum atomic E-state index is -1.02. The number of aromatic nitrogens is 1. The van der Waals surface area contributed by atoms with E-state index in [1.54, 1.807) is 18.3 Å². The summed E-state index contributed by atoms with van der Waals surface area (Å²) in [5.74, 6) is -1.15. The van der Waals surface area contributed by atoms with Gasteiger partial charge in [-0.15, -0.1) is 0 Å². The van der Waals surface area contributed by atoms with Crippen LogP contribution in [0.3, 0.4) is 0 Å². The molecule has 2 rings (SSSR count). The first-order valence-electron chi connectivity index (χ1n) is 6.12. The minimum absolute atomic E-state index is 0.176. The van der Waals surface area contributed by atoms with Crippen LogP contribution in [0.4, 0.5) is 14.6 Å². The maximum absolute atomic E-state index is 13.6. The van der Waals surface area contributed by atoms with Crippen LogP contribution >= 0.6 is 15.9 Å². The fourth-order valence-electron chi connectivity index (χ4n) is 1.56. The normalized spacial score (nSPS) is 10.4. The minimum Gasteiger partial charge on any atom is -0.454 e. The van der Waals surface area contributed by atoms with Gasteiger partial charge in [-0.1, -0.05) is 22.9 Å². The van der Waals surface area contributed by atoms with Crippen LogP contribution in [0.25, 0.3) is 0 Å². The summed E-state index contributed by atoms with van der Waals surface area (Å²) < 4.78 is 32.7. The molecule has 0 aliphatic carbocycles. The smallest absolute Gasteiger partial charge is 0.201 e. The van der Waals surface area contributed by atoms with E-state index in [4.69, 9.17) is 4.74 Å². The first-order chi connectivity index (χ1) is 9.60. The Bertz CT molecular complexity index is 608. The van der Waals surface area contributed by atoms with Crippen LogP contribution in [-0.4, -0.2) is 11.5 Å². The summed E-state index contributed by atoms with van der Waals surface area (Å²) in [7, 11) is 0. The summed E-state index contributed by atoms with van der Waals surface area (Å²) in [6.07, 6.45) is 2.50. The molecular formula is C14H13BrF2N2O. The van der Waals surface area contributed by atoms with E-state index in [9.17, 15) is 8.78 Å². The molecule has 1 N–H and O–H groups in total. The number of pyridine rings is 1. The molecule has 0 fully saturated rings. The molecule has 0 atom stereocenters. The molecule has 0 aliphatic heterocycles. The molecule has 0 spiro atoms. The Kier molecular flexibility index (Phi) is 4.89. The van der Waals surface area contributed by atoms with Crippen LogP contribution in [0, 0.1) is 11.6 Å². The van der Waals surface area contributed by atoms with E-state index in [0.717, 1.165) is 19.0 Å². The lowest BCUT2D eigenvalue weighted by Crippen LogP contribution is -2.01. The van der Waals surface area contributed by atoms with Gasteiger partial charge in [0.2, 0.25) is 5.82 Å². The second-order valence-electron chi connectivity index (χ2n) is 4.11. The van der Waals surface area contributed by atoms with Crippen LogP contribution in [0.15, 0.2) is 34.9 Å². The molecule has 0 radical (unpaired) electrons. The van der Waals surface area contributed by atoms with Crippen LogP contribution in [0.2, 0.25) is 0 Å². The molecule has 20 heavy (non-hydrogen) atoms. The molecule has 6 heteroatoms. The zero-order chi connectivity index (χ0) is 14.5. The molecule has 1 heterocycles. The maximum Gasteiger partial charge on any atom is 0.201 e. The van der Waals surface area contributed by atoms with Gasteiger partial charge in [0, 0.05) is 23.3 Å². The number of ether oxygens (including phenoxy) is 1. The highest BCUT2D eigenvalue weighted by atomic mass is 79.9. The second-order valence-corrected chi connectivity index (χ2v) is 5.02. The number of nitrogens with zero attached hydrogens (tertiary/aromatic N) is 1. The van der Waals surface area contributed by atoms with E-state index in [1.165, 1.54) is 6.07 Å². The summed E-state index contributed by atoms with van der Waals surface area (Å²) in [4.78, 5) is 4.11. The third-order valence-corrected chi connectivity index (χ3v) is 2.93. The standard InChI is InChI=1S/C14H13BrF2N2O/c1-2-4-18-13-8-10(3-5-19-13)20-12-7-9(15)6-11(16)14(12)17/h3,5-8H,2,4H2,1H3,(H,18,19). The van der Waals surface area contributed by atoms with Crippen molar-refractivity contribution in [3.8, 4) is 11.5 Å². The lowest BCUT2D eigenvalue weighted by molar-refractivity contribution is 0.415. The molecule has 106 valence electrons. The van der Waals surface area contributed by atoms with Crippen LogP contribution in [-0.2, 0) is 0 Å². The Balaban J connectivity index is 2.21. The summed E-state index contributed by atoms with van der Waals surface area (Å²) in [6, 6.07) is 5.63. The molecule has 2 aromatic rings. The van der Waals surface area contributed by atoms with Crippen molar-refractivity contribution < 1.29 is 13.5 Å². The Morgan fingerprint density at radius 3 is 2.85 bits per heavy atom. The molecule has 0 saturated heterocycles. The molecule has 0 bridgehead atoms. The topological polar surface area (TPSA) is 34.1 Å².